The molecule has 1 aliphatic heterocycles. The SMILES string of the molecule is CCC1=C(C(=O)OC)[C@H](c2ccccc2)n2c(s/c(=C\c3c(C)n(Cc4ccccc4)c4ccccc34)c2=O)=N1. The van der Waals surface area contributed by atoms with E-state index in [0.717, 1.165) is 34.3 Å². The molecule has 1 aliphatic rings. The second-order valence-electron chi connectivity index (χ2n) is 9.79. The molecule has 0 saturated heterocycles. The molecule has 0 aliphatic carbocycles. The van der Waals surface area contributed by atoms with E-state index in [0.29, 0.717) is 27.0 Å². The lowest BCUT2D eigenvalue weighted by molar-refractivity contribution is -0.136. The van der Waals surface area contributed by atoms with Crippen LogP contribution in [0.25, 0.3) is 17.0 Å². The first-order valence-corrected chi connectivity index (χ1v) is 14.1. The Kier molecular flexibility index (Phi) is 6.82. The van der Waals surface area contributed by atoms with Crippen molar-refractivity contribution in [1.29, 1.82) is 0 Å². The Labute approximate surface area is 235 Å². The number of thiazole rings is 1. The summed E-state index contributed by atoms with van der Waals surface area (Å²) in [5.41, 5.74) is 6.14. The van der Waals surface area contributed by atoms with Crippen LogP contribution in [-0.4, -0.2) is 22.2 Å². The van der Waals surface area contributed by atoms with Crippen LogP contribution >= 0.6 is 11.3 Å². The number of esters is 1. The Morgan fingerprint density at radius 3 is 2.38 bits per heavy atom. The Morgan fingerprint density at radius 2 is 1.68 bits per heavy atom. The highest BCUT2D eigenvalue weighted by molar-refractivity contribution is 7.07. The molecule has 2 aromatic heterocycles. The Morgan fingerprint density at radius 1 is 1.00 bits per heavy atom. The Balaban J connectivity index is 1.58. The molecule has 0 amide bonds. The van der Waals surface area contributed by atoms with E-state index in [1.54, 1.807) is 4.57 Å². The van der Waals surface area contributed by atoms with Gasteiger partial charge in [0.05, 0.1) is 29.0 Å². The van der Waals surface area contributed by atoms with E-state index in [1.165, 1.54) is 24.0 Å². The van der Waals surface area contributed by atoms with E-state index in [9.17, 15) is 9.59 Å². The first-order valence-electron chi connectivity index (χ1n) is 13.3. The summed E-state index contributed by atoms with van der Waals surface area (Å²) in [6.07, 6.45) is 2.53. The summed E-state index contributed by atoms with van der Waals surface area (Å²) in [7, 11) is 1.36. The fourth-order valence-corrected chi connectivity index (χ4v) is 6.56. The number of fused-ring (bicyclic) bond motifs is 2. The highest BCUT2D eigenvalue weighted by atomic mass is 32.1. The molecular formula is C33H29N3O3S. The summed E-state index contributed by atoms with van der Waals surface area (Å²) in [5, 5.41) is 1.09. The van der Waals surface area contributed by atoms with Crippen LogP contribution in [0.15, 0.2) is 106 Å². The molecule has 40 heavy (non-hydrogen) atoms. The number of benzene rings is 3. The normalized spacial score (nSPS) is 15.3. The van der Waals surface area contributed by atoms with E-state index in [1.807, 2.05) is 73.7 Å². The third-order valence-corrected chi connectivity index (χ3v) is 8.49. The lowest BCUT2D eigenvalue weighted by Crippen LogP contribution is -2.40. The van der Waals surface area contributed by atoms with Crippen LogP contribution < -0.4 is 14.9 Å². The summed E-state index contributed by atoms with van der Waals surface area (Å²) in [6.45, 7) is 4.80. The molecule has 0 saturated carbocycles. The van der Waals surface area contributed by atoms with Crippen molar-refractivity contribution in [3.05, 3.63) is 138 Å². The van der Waals surface area contributed by atoms with Gasteiger partial charge < -0.3 is 9.30 Å². The zero-order chi connectivity index (χ0) is 27.8. The number of rotatable bonds is 6. The van der Waals surface area contributed by atoms with Crippen molar-refractivity contribution in [2.75, 3.05) is 7.11 Å². The lowest BCUT2D eigenvalue weighted by atomic mass is 9.95. The van der Waals surface area contributed by atoms with Gasteiger partial charge in [0, 0.05) is 28.7 Å². The van der Waals surface area contributed by atoms with Crippen LogP contribution in [0.5, 0.6) is 0 Å². The van der Waals surface area contributed by atoms with Crippen LogP contribution in [0.4, 0.5) is 0 Å². The van der Waals surface area contributed by atoms with Crippen LogP contribution in [0, 0.1) is 6.92 Å². The number of hydrogen-bond donors (Lipinski definition) is 0. The minimum atomic E-state index is -0.609. The van der Waals surface area contributed by atoms with Crippen molar-refractivity contribution in [3.8, 4) is 0 Å². The Bertz CT molecular complexity index is 1950. The number of nitrogens with zero attached hydrogens (tertiary/aromatic N) is 3. The Hall–Kier alpha value is -4.49. The summed E-state index contributed by atoms with van der Waals surface area (Å²) < 4.78 is 9.69. The lowest BCUT2D eigenvalue weighted by Gasteiger charge is -2.25. The predicted molar refractivity (Wildman–Crippen MR) is 159 cm³/mol. The first-order chi connectivity index (χ1) is 19.5. The number of methoxy groups -OCH3 is 1. The van der Waals surface area contributed by atoms with Gasteiger partial charge in [-0.2, -0.15) is 0 Å². The summed E-state index contributed by atoms with van der Waals surface area (Å²) >= 11 is 1.36. The molecule has 6 nitrogen and oxygen atoms in total. The van der Waals surface area contributed by atoms with E-state index in [4.69, 9.17) is 9.73 Å². The van der Waals surface area contributed by atoms with Gasteiger partial charge in [0.25, 0.3) is 5.56 Å². The molecular weight excluding hydrogens is 518 g/mol. The van der Waals surface area contributed by atoms with Gasteiger partial charge in [-0.1, -0.05) is 97.1 Å². The number of aromatic nitrogens is 2. The molecule has 0 spiro atoms. The predicted octanol–water partition coefficient (Wildman–Crippen LogP) is 5.11. The molecule has 7 heteroatoms. The molecule has 1 atom stereocenters. The van der Waals surface area contributed by atoms with E-state index >= 15 is 0 Å². The standard InChI is InChI=1S/C33H29N3O3S/c1-4-26-29(32(38)39-3)30(23-15-9-6-10-16-23)36-31(37)28(40-33(36)34-26)19-25-21(2)35(20-22-13-7-5-8-14-22)27-18-12-11-17-24(25)27/h5-19,30H,4,20H2,1-3H3/b28-19-/t30-/m0/s1. The van der Waals surface area contributed by atoms with Gasteiger partial charge in [-0.15, -0.1) is 0 Å². The number of para-hydroxylation sites is 1. The smallest absolute Gasteiger partial charge is 0.338 e. The molecule has 5 aromatic rings. The monoisotopic (exact) mass is 547 g/mol. The van der Waals surface area contributed by atoms with Gasteiger partial charge in [0.1, 0.15) is 0 Å². The molecule has 0 N–H and O–H groups in total. The topological polar surface area (TPSA) is 65.6 Å². The molecule has 0 unspecified atom stereocenters. The number of hydrogen-bond acceptors (Lipinski definition) is 5. The van der Waals surface area contributed by atoms with Gasteiger partial charge in [-0.05, 0) is 36.6 Å². The van der Waals surface area contributed by atoms with E-state index < -0.39 is 12.0 Å². The first kappa shape index (κ1) is 25.8. The fraction of sp³-hybridized carbons (Fsp3) is 0.182. The largest absolute Gasteiger partial charge is 0.466 e. The average molecular weight is 548 g/mol. The molecule has 0 bridgehead atoms. The summed E-state index contributed by atoms with van der Waals surface area (Å²) in [4.78, 5) is 32.5. The van der Waals surface area contributed by atoms with Crippen molar-refractivity contribution in [1.82, 2.24) is 9.13 Å². The van der Waals surface area contributed by atoms with Crippen molar-refractivity contribution in [2.45, 2.75) is 32.9 Å². The molecule has 0 fully saturated rings. The third-order valence-electron chi connectivity index (χ3n) is 7.50. The van der Waals surface area contributed by atoms with E-state index in [-0.39, 0.29) is 5.56 Å². The van der Waals surface area contributed by atoms with Crippen molar-refractivity contribution in [3.63, 3.8) is 0 Å². The van der Waals surface area contributed by atoms with Crippen molar-refractivity contribution in [2.24, 2.45) is 4.99 Å². The van der Waals surface area contributed by atoms with Crippen LogP contribution in [0.1, 0.15) is 41.8 Å². The third kappa shape index (κ3) is 4.32. The average Bonchev–Trinajstić information content (AvgIpc) is 3.45. The second kappa shape index (κ2) is 10.6. The summed E-state index contributed by atoms with van der Waals surface area (Å²) in [6, 6.07) is 27.7. The molecule has 200 valence electrons. The fourth-order valence-electron chi connectivity index (χ4n) is 5.56. The van der Waals surface area contributed by atoms with Crippen LogP contribution in [-0.2, 0) is 16.1 Å². The maximum atomic E-state index is 14.1. The van der Waals surface area contributed by atoms with Gasteiger partial charge in [0.15, 0.2) is 4.80 Å². The molecule has 6 rings (SSSR count). The van der Waals surface area contributed by atoms with Gasteiger partial charge in [0.2, 0.25) is 0 Å². The second-order valence-corrected chi connectivity index (χ2v) is 10.8. The van der Waals surface area contributed by atoms with Gasteiger partial charge >= 0.3 is 5.97 Å². The maximum Gasteiger partial charge on any atom is 0.338 e. The molecule has 3 aromatic carbocycles. The van der Waals surface area contributed by atoms with Gasteiger partial charge in [-0.25, -0.2) is 9.79 Å². The highest BCUT2D eigenvalue weighted by Gasteiger charge is 2.33. The number of carbonyl (C=O) groups is 1. The van der Waals surface area contributed by atoms with E-state index in [2.05, 4.69) is 35.8 Å². The molecule has 3 heterocycles. The number of ether oxygens (including phenoxy) is 1. The minimum absolute atomic E-state index is 0.173. The summed E-state index contributed by atoms with van der Waals surface area (Å²) in [5.74, 6) is -0.469. The van der Waals surface area contributed by atoms with Crippen LogP contribution in [0.3, 0.4) is 0 Å². The maximum absolute atomic E-state index is 14.1. The quantitative estimate of drug-likeness (QED) is 0.278. The van der Waals surface area contributed by atoms with Crippen molar-refractivity contribution >= 4 is 34.3 Å². The van der Waals surface area contributed by atoms with Crippen molar-refractivity contribution < 1.29 is 9.53 Å². The van der Waals surface area contributed by atoms with Gasteiger partial charge in [-0.3, -0.25) is 9.36 Å². The number of carbonyl (C=O) groups excluding carboxylic acids is 1. The molecule has 0 radical (unpaired) electrons. The highest BCUT2D eigenvalue weighted by Crippen LogP contribution is 2.32. The van der Waals surface area contributed by atoms with Crippen LogP contribution in [0.2, 0.25) is 0 Å². The zero-order valence-corrected chi connectivity index (χ0v) is 23.4. The zero-order valence-electron chi connectivity index (χ0n) is 22.6. The minimum Gasteiger partial charge on any atom is -0.466 e. The number of allylic oxidation sites excluding steroid dienone is 1.